The lowest BCUT2D eigenvalue weighted by atomic mass is 9.83. The monoisotopic (exact) mass is 269 g/mol. The van der Waals surface area contributed by atoms with E-state index in [0.717, 1.165) is 0 Å². The molecule has 0 bridgehead atoms. The molecule has 0 N–H and O–H groups in total. The van der Waals surface area contributed by atoms with Gasteiger partial charge in [0.2, 0.25) is 11.2 Å². The van der Waals surface area contributed by atoms with E-state index in [4.69, 9.17) is 17.0 Å². The Bertz CT molecular complexity index is 791. The fourth-order valence-electron chi connectivity index (χ4n) is 2.26. The highest BCUT2D eigenvalue weighted by atomic mass is 35.5. The van der Waals surface area contributed by atoms with Crippen molar-refractivity contribution in [1.82, 2.24) is 0 Å². The van der Waals surface area contributed by atoms with E-state index in [-0.39, 0.29) is 44.5 Å². The molecular formula is C14H6ClN2O2+. The minimum atomic E-state index is -0.361. The van der Waals surface area contributed by atoms with Gasteiger partial charge in [-0.25, -0.2) is 0 Å². The van der Waals surface area contributed by atoms with Crippen LogP contribution in [0.4, 0.5) is 5.69 Å². The molecular weight excluding hydrogens is 264 g/mol. The van der Waals surface area contributed by atoms with Gasteiger partial charge in [-0.3, -0.25) is 9.59 Å². The van der Waals surface area contributed by atoms with Gasteiger partial charge >= 0.3 is 5.69 Å². The number of fused-ring (bicyclic) bond motifs is 2. The topological polar surface area (TPSA) is 62.3 Å². The van der Waals surface area contributed by atoms with Gasteiger partial charge in [0.15, 0.2) is 10.8 Å². The van der Waals surface area contributed by atoms with Crippen LogP contribution in [0, 0.1) is 5.39 Å². The maximum Gasteiger partial charge on any atom is 0.396 e. The Hall–Kier alpha value is -2.51. The zero-order valence-corrected chi connectivity index (χ0v) is 10.3. The lowest BCUT2D eigenvalue weighted by Gasteiger charge is -2.16. The van der Waals surface area contributed by atoms with E-state index in [9.17, 15) is 9.59 Å². The van der Waals surface area contributed by atoms with Crippen molar-refractivity contribution in [3.8, 4) is 0 Å². The SMILES string of the molecule is N#[N+]c1cccc2c1C(=O)c1cccc(Cl)c1C2=O. The van der Waals surface area contributed by atoms with Crippen LogP contribution in [0.2, 0.25) is 5.02 Å². The van der Waals surface area contributed by atoms with E-state index in [0.29, 0.717) is 0 Å². The van der Waals surface area contributed by atoms with E-state index in [1.807, 2.05) is 0 Å². The fraction of sp³-hybridized carbons (Fsp3) is 0. The second-order valence-electron chi connectivity index (χ2n) is 4.12. The summed E-state index contributed by atoms with van der Waals surface area (Å²) in [6.07, 6.45) is 0. The Balaban J connectivity index is 2.40. The molecule has 1 aliphatic rings. The minimum absolute atomic E-state index is 0.0847. The van der Waals surface area contributed by atoms with Gasteiger partial charge in [0.05, 0.1) is 10.6 Å². The van der Waals surface area contributed by atoms with E-state index < -0.39 is 0 Å². The molecule has 1 aliphatic carbocycles. The summed E-state index contributed by atoms with van der Waals surface area (Å²) in [7, 11) is 0. The molecule has 2 aromatic carbocycles. The van der Waals surface area contributed by atoms with Crippen LogP contribution < -0.4 is 0 Å². The summed E-state index contributed by atoms with van der Waals surface area (Å²) in [5, 5.41) is 9.18. The van der Waals surface area contributed by atoms with Crippen LogP contribution in [0.3, 0.4) is 0 Å². The molecule has 3 rings (SSSR count). The Morgan fingerprint density at radius 2 is 1.47 bits per heavy atom. The molecule has 0 radical (unpaired) electrons. The standard InChI is InChI=1S/C14H6ClN2O2/c15-9-5-1-3-7-11(9)13(18)8-4-2-6-10(17-16)12(8)14(7)19/h1-6H/q+1. The van der Waals surface area contributed by atoms with Crippen LogP contribution in [-0.4, -0.2) is 11.6 Å². The molecule has 0 fully saturated rings. The van der Waals surface area contributed by atoms with Crippen LogP contribution in [0.25, 0.3) is 4.98 Å². The van der Waals surface area contributed by atoms with Crippen LogP contribution in [-0.2, 0) is 0 Å². The van der Waals surface area contributed by atoms with Gasteiger partial charge in [0, 0.05) is 17.2 Å². The molecule has 0 unspecified atom stereocenters. The van der Waals surface area contributed by atoms with Gasteiger partial charge in [-0.05, 0) is 12.1 Å². The Morgan fingerprint density at radius 1 is 0.895 bits per heavy atom. The molecule has 0 spiro atoms. The van der Waals surface area contributed by atoms with Gasteiger partial charge in [0.1, 0.15) is 5.56 Å². The van der Waals surface area contributed by atoms with Gasteiger partial charge in [-0.15, -0.1) is 0 Å². The summed E-state index contributed by atoms with van der Waals surface area (Å²) < 4.78 is 0. The molecule has 0 aliphatic heterocycles. The van der Waals surface area contributed by atoms with Gasteiger partial charge in [0.25, 0.3) is 0 Å². The maximum atomic E-state index is 12.4. The molecule has 0 saturated carbocycles. The average molecular weight is 270 g/mol. The third-order valence-corrected chi connectivity index (χ3v) is 3.42. The van der Waals surface area contributed by atoms with Crippen molar-refractivity contribution in [2.24, 2.45) is 0 Å². The van der Waals surface area contributed by atoms with E-state index in [1.165, 1.54) is 12.1 Å². The molecule has 0 amide bonds. The minimum Gasteiger partial charge on any atom is -0.288 e. The zero-order valence-electron chi connectivity index (χ0n) is 9.55. The first kappa shape index (κ1) is 11.6. The Morgan fingerprint density at radius 3 is 2.16 bits per heavy atom. The molecule has 0 aromatic heterocycles. The third kappa shape index (κ3) is 1.49. The number of nitrogens with zero attached hydrogens (tertiary/aromatic N) is 2. The predicted molar refractivity (Wildman–Crippen MR) is 69.5 cm³/mol. The largest absolute Gasteiger partial charge is 0.396 e. The van der Waals surface area contributed by atoms with Gasteiger partial charge < -0.3 is 0 Å². The summed E-state index contributed by atoms with van der Waals surface area (Å²) in [4.78, 5) is 27.8. The molecule has 5 heteroatoms. The van der Waals surface area contributed by atoms with Crippen LogP contribution in [0.5, 0.6) is 0 Å². The number of hydrogen-bond donors (Lipinski definition) is 0. The number of benzene rings is 2. The smallest absolute Gasteiger partial charge is 0.288 e. The average Bonchev–Trinajstić information content (AvgIpc) is 2.43. The Labute approximate surface area is 113 Å². The lowest BCUT2D eigenvalue weighted by molar-refractivity contribution is 0.0980. The molecule has 0 heterocycles. The lowest BCUT2D eigenvalue weighted by Crippen LogP contribution is -2.21. The van der Waals surface area contributed by atoms with Crippen molar-refractivity contribution in [2.45, 2.75) is 0 Å². The van der Waals surface area contributed by atoms with Crippen LogP contribution >= 0.6 is 11.6 Å². The van der Waals surface area contributed by atoms with Gasteiger partial charge in [-0.2, -0.15) is 0 Å². The summed E-state index contributed by atoms with van der Waals surface area (Å²) in [5.41, 5.74) is 0.852. The number of hydrogen-bond acceptors (Lipinski definition) is 3. The number of carbonyl (C=O) groups excluding carboxylic acids is 2. The van der Waals surface area contributed by atoms with Crippen LogP contribution in [0.15, 0.2) is 36.4 Å². The van der Waals surface area contributed by atoms with Crippen molar-refractivity contribution in [3.63, 3.8) is 0 Å². The number of ketones is 2. The second kappa shape index (κ2) is 4.01. The van der Waals surface area contributed by atoms with E-state index >= 15 is 0 Å². The molecule has 0 saturated heterocycles. The predicted octanol–water partition coefficient (Wildman–Crippen LogP) is 3.60. The summed E-state index contributed by atoms with van der Waals surface area (Å²) in [6.45, 7) is 0. The molecule has 90 valence electrons. The first-order chi connectivity index (χ1) is 9.15. The van der Waals surface area contributed by atoms with Crippen molar-refractivity contribution < 1.29 is 9.59 Å². The number of carbonyl (C=O) groups is 2. The maximum absolute atomic E-state index is 12.4. The summed E-state index contributed by atoms with van der Waals surface area (Å²) in [5.74, 6) is -0.693. The summed E-state index contributed by atoms with van der Waals surface area (Å²) in [6, 6.07) is 9.27. The van der Waals surface area contributed by atoms with E-state index in [1.54, 1.807) is 24.3 Å². The first-order valence-electron chi connectivity index (χ1n) is 5.51. The molecule has 0 atom stereocenters. The zero-order chi connectivity index (χ0) is 13.6. The first-order valence-corrected chi connectivity index (χ1v) is 5.89. The quantitative estimate of drug-likeness (QED) is 0.586. The van der Waals surface area contributed by atoms with Crippen molar-refractivity contribution in [2.75, 3.05) is 0 Å². The highest BCUT2D eigenvalue weighted by Crippen LogP contribution is 2.35. The van der Waals surface area contributed by atoms with Crippen molar-refractivity contribution in [3.05, 3.63) is 68.7 Å². The number of diazo groups is 1. The van der Waals surface area contributed by atoms with Crippen molar-refractivity contribution in [1.29, 1.82) is 5.39 Å². The second-order valence-corrected chi connectivity index (χ2v) is 4.53. The van der Waals surface area contributed by atoms with E-state index in [2.05, 4.69) is 4.98 Å². The highest BCUT2D eigenvalue weighted by Gasteiger charge is 2.36. The number of halogens is 1. The highest BCUT2D eigenvalue weighted by molar-refractivity contribution is 6.39. The summed E-state index contributed by atoms with van der Waals surface area (Å²) >= 11 is 6.00. The Kier molecular flexibility index (Phi) is 2.44. The fourth-order valence-corrected chi connectivity index (χ4v) is 2.53. The third-order valence-electron chi connectivity index (χ3n) is 3.11. The normalized spacial score (nSPS) is 12.6. The molecule has 4 nitrogen and oxygen atoms in total. The molecule has 2 aromatic rings. The van der Waals surface area contributed by atoms with Gasteiger partial charge in [-0.1, -0.05) is 29.8 Å². The van der Waals surface area contributed by atoms with Crippen molar-refractivity contribution >= 4 is 28.9 Å². The van der Waals surface area contributed by atoms with Crippen LogP contribution in [0.1, 0.15) is 31.8 Å². The molecule has 19 heavy (non-hydrogen) atoms. The number of rotatable bonds is 0.